The van der Waals surface area contributed by atoms with Crippen LogP contribution in [0.5, 0.6) is 5.75 Å². The molecule has 5 rings (SSSR count). The second-order valence-electron chi connectivity index (χ2n) is 7.65. The van der Waals surface area contributed by atoms with Gasteiger partial charge in [0.05, 0.1) is 10.6 Å². The van der Waals surface area contributed by atoms with Crippen LogP contribution in [-0.2, 0) is 4.79 Å². The van der Waals surface area contributed by atoms with Gasteiger partial charge in [0.25, 0.3) is 5.91 Å². The van der Waals surface area contributed by atoms with Gasteiger partial charge in [-0.25, -0.2) is 0 Å². The summed E-state index contributed by atoms with van der Waals surface area (Å²) in [5.74, 6) is 1.15. The molecule has 0 radical (unpaired) electrons. The summed E-state index contributed by atoms with van der Waals surface area (Å²) < 4.78 is 7.38. The van der Waals surface area contributed by atoms with Crippen molar-refractivity contribution in [2.24, 2.45) is 0 Å². The Kier molecular flexibility index (Phi) is 5.58. The molecule has 3 heterocycles. The number of anilines is 1. The zero-order chi connectivity index (χ0) is 22.8. The maximum absolute atomic E-state index is 12.4. The molecule has 5 aromatic rings. The van der Waals surface area contributed by atoms with E-state index < -0.39 is 0 Å². The summed E-state index contributed by atoms with van der Waals surface area (Å²) in [6, 6.07) is 21.1. The Labute approximate surface area is 194 Å². The van der Waals surface area contributed by atoms with Gasteiger partial charge in [-0.1, -0.05) is 24.3 Å². The molecule has 0 fully saturated rings. The molecule has 3 aromatic heterocycles. The summed E-state index contributed by atoms with van der Waals surface area (Å²) in [6.07, 6.45) is 0. The molecule has 0 unspecified atom stereocenters. The molecule has 0 aliphatic rings. The van der Waals surface area contributed by atoms with Gasteiger partial charge in [0.15, 0.2) is 18.1 Å². The lowest BCUT2D eigenvalue weighted by Crippen LogP contribution is -2.20. The first kappa shape index (κ1) is 20.8. The monoisotopic (exact) mass is 455 g/mol. The average molecular weight is 456 g/mol. The number of aryl methyl sites for hydroxylation is 2. The number of nitrogens with zero attached hydrogens (tertiary/aromatic N) is 4. The number of carbonyl (C=O) groups excluding carboxylic acids is 1. The first-order chi connectivity index (χ1) is 16.1. The summed E-state index contributed by atoms with van der Waals surface area (Å²) in [6.45, 7) is 3.99. The molecule has 7 nitrogen and oxygen atoms in total. The van der Waals surface area contributed by atoms with Crippen LogP contribution in [0.15, 0.2) is 72.1 Å². The number of fused-ring (bicyclic) bond motifs is 1. The highest BCUT2D eigenvalue weighted by Crippen LogP contribution is 2.25. The molecule has 2 aromatic carbocycles. The van der Waals surface area contributed by atoms with Gasteiger partial charge < -0.3 is 10.1 Å². The van der Waals surface area contributed by atoms with E-state index in [1.54, 1.807) is 15.9 Å². The van der Waals surface area contributed by atoms with Crippen LogP contribution >= 0.6 is 11.3 Å². The Morgan fingerprint density at radius 1 is 1.00 bits per heavy atom. The highest BCUT2D eigenvalue weighted by molar-refractivity contribution is 7.13. The fourth-order valence-corrected chi connectivity index (χ4v) is 4.10. The Balaban J connectivity index is 1.32. The molecule has 0 aliphatic heterocycles. The van der Waals surface area contributed by atoms with Crippen LogP contribution in [0.3, 0.4) is 0 Å². The van der Waals surface area contributed by atoms with Gasteiger partial charge in [-0.3, -0.25) is 4.79 Å². The summed E-state index contributed by atoms with van der Waals surface area (Å²) in [5.41, 5.74) is 5.28. The summed E-state index contributed by atoms with van der Waals surface area (Å²) in [4.78, 5) is 13.4. The molecule has 0 bridgehead atoms. The highest BCUT2D eigenvalue weighted by Gasteiger charge is 2.12. The molecule has 0 spiro atoms. The van der Waals surface area contributed by atoms with Crippen molar-refractivity contribution in [3.8, 4) is 27.7 Å². The maximum Gasteiger partial charge on any atom is 0.262 e. The van der Waals surface area contributed by atoms with Crippen molar-refractivity contribution in [1.29, 1.82) is 0 Å². The van der Waals surface area contributed by atoms with Crippen molar-refractivity contribution < 1.29 is 9.53 Å². The predicted molar refractivity (Wildman–Crippen MR) is 130 cm³/mol. The second-order valence-corrected chi connectivity index (χ2v) is 8.60. The largest absolute Gasteiger partial charge is 0.484 e. The van der Waals surface area contributed by atoms with E-state index in [9.17, 15) is 4.79 Å². The van der Waals surface area contributed by atoms with E-state index in [4.69, 9.17) is 9.84 Å². The minimum Gasteiger partial charge on any atom is -0.484 e. The van der Waals surface area contributed by atoms with Crippen LogP contribution in [-0.4, -0.2) is 32.3 Å². The Morgan fingerprint density at radius 3 is 2.73 bits per heavy atom. The van der Waals surface area contributed by atoms with Crippen molar-refractivity contribution in [1.82, 2.24) is 19.8 Å². The lowest BCUT2D eigenvalue weighted by atomic mass is 10.1. The van der Waals surface area contributed by atoms with E-state index in [1.807, 2.05) is 86.0 Å². The summed E-state index contributed by atoms with van der Waals surface area (Å²) in [7, 11) is 0. The molecule has 0 saturated carbocycles. The normalized spacial score (nSPS) is 11.0. The van der Waals surface area contributed by atoms with E-state index in [2.05, 4.69) is 15.5 Å². The second kappa shape index (κ2) is 8.84. The van der Waals surface area contributed by atoms with E-state index >= 15 is 0 Å². The average Bonchev–Trinajstić information content (AvgIpc) is 3.49. The molecule has 164 valence electrons. The number of aromatic nitrogens is 4. The zero-order valence-electron chi connectivity index (χ0n) is 18.1. The van der Waals surface area contributed by atoms with Crippen LogP contribution in [0.2, 0.25) is 0 Å². The summed E-state index contributed by atoms with van der Waals surface area (Å²) in [5, 5.41) is 18.1. The molecule has 0 aliphatic carbocycles. The lowest BCUT2D eigenvalue weighted by Gasteiger charge is -2.10. The van der Waals surface area contributed by atoms with Gasteiger partial charge in [-0.15, -0.1) is 21.5 Å². The van der Waals surface area contributed by atoms with E-state index in [0.29, 0.717) is 22.9 Å². The van der Waals surface area contributed by atoms with Crippen molar-refractivity contribution in [2.45, 2.75) is 13.8 Å². The number of rotatable bonds is 6. The van der Waals surface area contributed by atoms with E-state index in [0.717, 1.165) is 21.7 Å². The number of nitrogens with one attached hydrogen (secondary N) is 1. The minimum absolute atomic E-state index is 0.0676. The molecule has 0 saturated heterocycles. The minimum atomic E-state index is -0.229. The molecular weight excluding hydrogens is 434 g/mol. The number of hydrogen-bond acceptors (Lipinski definition) is 6. The van der Waals surface area contributed by atoms with Crippen molar-refractivity contribution in [3.63, 3.8) is 0 Å². The smallest absolute Gasteiger partial charge is 0.262 e. The first-order valence-corrected chi connectivity index (χ1v) is 11.3. The standard InChI is InChI=1S/C25H21N5O2S/c1-16-8-9-20(13-17(16)2)32-15-24(31)26-19-6-3-5-18(14-19)21-10-11-23-27-28-25(30(23)29-21)22-7-4-12-33-22/h3-14H,15H2,1-2H3,(H,26,31). The quantitative estimate of drug-likeness (QED) is 0.383. The predicted octanol–water partition coefficient (Wildman–Crippen LogP) is 5.15. The van der Waals surface area contributed by atoms with Gasteiger partial charge in [-0.2, -0.15) is 9.61 Å². The van der Waals surface area contributed by atoms with Gasteiger partial charge in [0.2, 0.25) is 0 Å². The molecule has 0 atom stereocenters. The number of amides is 1. The maximum atomic E-state index is 12.4. The third-order valence-electron chi connectivity index (χ3n) is 5.29. The fraction of sp³-hybridized carbons (Fsp3) is 0.120. The van der Waals surface area contributed by atoms with Gasteiger partial charge in [0, 0.05) is 11.3 Å². The van der Waals surface area contributed by atoms with Crippen LogP contribution in [0.1, 0.15) is 11.1 Å². The third kappa shape index (κ3) is 4.47. The number of benzene rings is 2. The zero-order valence-corrected chi connectivity index (χ0v) is 19.0. The third-order valence-corrected chi connectivity index (χ3v) is 6.16. The van der Waals surface area contributed by atoms with Crippen LogP contribution in [0.25, 0.3) is 27.6 Å². The first-order valence-electron chi connectivity index (χ1n) is 10.4. The highest BCUT2D eigenvalue weighted by atomic mass is 32.1. The van der Waals surface area contributed by atoms with Crippen molar-refractivity contribution in [3.05, 3.63) is 83.2 Å². The van der Waals surface area contributed by atoms with E-state index in [1.165, 1.54) is 5.56 Å². The molecule has 1 N–H and O–H groups in total. The van der Waals surface area contributed by atoms with Gasteiger partial charge in [0.1, 0.15) is 5.75 Å². The SMILES string of the molecule is Cc1ccc(OCC(=O)Nc2cccc(-c3ccc4nnc(-c5cccs5)n4n3)c2)cc1C. The number of hydrogen-bond donors (Lipinski definition) is 1. The molecule has 1 amide bonds. The fourth-order valence-electron chi connectivity index (χ4n) is 3.41. The lowest BCUT2D eigenvalue weighted by molar-refractivity contribution is -0.118. The number of carbonyl (C=O) groups is 1. The van der Waals surface area contributed by atoms with Crippen molar-refractivity contribution in [2.75, 3.05) is 11.9 Å². The van der Waals surface area contributed by atoms with Crippen LogP contribution < -0.4 is 10.1 Å². The van der Waals surface area contributed by atoms with Gasteiger partial charge in [-0.05, 0) is 72.8 Å². The number of thiophene rings is 1. The van der Waals surface area contributed by atoms with Crippen LogP contribution in [0.4, 0.5) is 5.69 Å². The molecule has 8 heteroatoms. The Hall–Kier alpha value is -4.04. The number of ether oxygens (including phenoxy) is 1. The summed E-state index contributed by atoms with van der Waals surface area (Å²) >= 11 is 1.59. The van der Waals surface area contributed by atoms with Gasteiger partial charge >= 0.3 is 0 Å². The molecule has 33 heavy (non-hydrogen) atoms. The van der Waals surface area contributed by atoms with Crippen LogP contribution in [0, 0.1) is 13.8 Å². The Bertz CT molecular complexity index is 1440. The molecular formula is C25H21N5O2S. The Morgan fingerprint density at radius 2 is 1.91 bits per heavy atom. The van der Waals surface area contributed by atoms with Crippen molar-refractivity contribution >= 4 is 28.6 Å². The topological polar surface area (TPSA) is 81.4 Å². The van der Waals surface area contributed by atoms with E-state index in [-0.39, 0.29) is 12.5 Å².